The minimum atomic E-state index is 0.409. The highest BCUT2D eigenvalue weighted by Crippen LogP contribution is 2.31. The van der Waals surface area contributed by atoms with Gasteiger partial charge in [-0.25, -0.2) is 9.97 Å². The van der Waals surface area contributed by atoms with Crippen molar-refractivity contribution in [2.75, 3.05) is 18.0 Å². The smallest absolute Gasteiger partial charge is 0.147 e. The molecule has 6 heteroatoms. The van der Waals surface area contributed by atoms with Crippen LogP contribution in [0.15, 0.2) is 42.9 Å². The number of rotatable bonds is 4. The summed E-state index contributed by atoms with van der Waals surface area (Å²) in [5.41, 5.74) is 3.69. The first-order chi connectivity index (χ1) is 13.7. The van der Waals surface area contributed by atoms with Crippen molar-refractivity contribution in [2.45, 2.75) is 39.2 Å². The molecule has 0 saturated carbocycles. The van der Waals surface area contributed by atoms with Gasteiger partial charge in [0.2, 0.25) is 0 Å². The lowest BCUT2D eigenvalue weighted by molar-refractivity contribution is 0.467. The molecule has 4 rings (SSSR count). The third kappa shape index (κ3) is 3.61. The number of nitriles is 1. The number of piperidine rings is 1. The van der Waals surface area contributed by atoms with Gasteiger partial charge >= 0.3 is 0 Å². The molecule has 4 heterocycles. The summed E-state index contributed by atoms with van der Waals surface area (Å²) in [5, 5.41) is 9.56. The van der Waals surface area contributed by atoms with E-state index in [9.17, 15) is 5.26 Å². The molecule has 142 valence electrons. The number of hydrogen-bond acceptors (Lipinski definition) is 5. The van der Waals surface area contributed by atoms with Crippen LogP contribution in [0.5, 0.6) is 0 Å². The highest BCUT2D eigenvalue weighted by Gasteiger charge is 2.26. The number of aromatic nitrogens is 4. The van der Waals surface area contributed by atoms with Gasteiger partial charge in [0.1, 0.15) is 17.7 Å². The molecule has 0 aliphatic carbocycles. The molecule has 3 aromatic rings. The fourth-order valence-corrected chi connectivity index (χ4v) is 4.01. The van der Waals surface area contributed by atoms with Crippen molar-refractivity contribution in [3.63, 3.8) is 0 Å². The first-order valence-electron chi connectivity index (χ1n) is 9.70. The van der Waals surface area contributed by atoms with E-state index in [4.69, 9.17) is 0 Å². The van der Waals surface area contributed by atoms with Crippen molar-refractivity contribution in [3.8, 4) is 6.07 Å². The molecule has 0 aromatic carbocycles. The molecule has 1 aliphatic rings. The Balaban J connectivity index is 1.49. The van der Waals surface area contributed by atoms with E-state index < -0.39 is 0 Å². The molecule has 6 nitrogen and oxygen atoms in total. The second-order valence-electron chi connectivity index (χ2n) is 7.39. The fraction of sp³-hybridized carbons (Fsp3) is 0.364. The second kappa shape index (κ2) is 7.81. The zero-order chi connectivity index (χ0) is 19.5. The molecule has 1 saturated heterocycles. The van der Waals surface area contributed by atoms with Crippen LogP contribution in [0.3, 0.4) is 0 Å². The predicted octanol–water partition coefficient (Wildman–Crippen LogP) is 3.59. The molecule has 0 atom stereocenters. The van der Waals surface area contributed by atoms with Crippen molar-refractivity contribution in [1.29, 1.82) is 5.26 Å². The summed E-state index contributed by atoms with van der Waals surface area (Å²) in [6, 6.07) is 10.3. The summed E-state index contributed by atoms with van der Waals surface area (Å²) in [4.78, 5) is 16.0. The van der Waals surface area contributed by atoms with Crippen molar-refractivity contribution >= 4 is 5.82 Å². The maximum atomic E-state index is 9.56. The van der Waals surface area contributed by atoms with E-state index >= 15 is 0 Å². The Morgan fingerprint density at radius 1 is 1.14 bits per heavy atom. The molecular weight excluding hydrogens is 348 g/mol. The summed E-state index contributed by atoms with van der Waals surface area (Å²) in [5.74, 6) is 2.36. The molecule has 0 radical (unpaired) electrons. The van der Waals surface area contributed by atoms with E-state index in [0.717, 1.165) is 61.1 Å². The van der Waals surface area contributed by atoms with Crippen LogP contribution in [0.2, 0.25) is 0 Å². The summed E-state index contributed by atoms with van der Waals surface area (Å²) in [7, 11) is 0. The summed E-state index contributed by atoms with van der Waals surface area (Å²) < 4.78 is 2.21. The summed E-state index contributed by atoms with van der Waals surface area (Å²) in [6.45, 7) is 6.47. The minimum absolute atomic E-state index is 0.409. The largest absolute Gasteiger partial charge is 0.355 e. The molecule has 0 unspecified atom stereocenters. The van der Waals surface area contributed by atoms with Crippen molar-refractivity contribution in [3.05, 3.63) is 71.2 Å². The SMILES string of the molecule is Cc1cc(C)c(C#N)c(N2CCC(c3nccn3Cc3ccccn3)CC2)n1. The maximum absolute atomic E-state index is 9.56. The Hall–Kier alpha value is -3.20. The third-order valence-corrected chi connectivity index (χ3v) is 5.40. The van der Waals surface area contributed by atoms with E-state index in [1.54, 1.807) is 0 Å². The number of hydrogen-bond donors (Lipinski definition) is 0. The normalized spacial score (nSPS) is 14.8. The van der Waals surface area contributed by atoms with Gasteiger partial charge in [-0.05, 0) is 50.5 Å². The van der Waals surface area contributed by atoms with Gasteiger partial charge in [0.15, 0.2) is 0 Å². The Morgan fingerprint density at radius 3 is 2.68 bits per heavy atom. The third-order valence-electron chi connectivity index (χ3n) is 5.40. The van der Waals surface area contributed by atoms with Gasteiger partial charge in [0.05, 0.1) is 17.8 Å². The maximum Gasteiger partial charge on any atom is 0.147 e. The molecule has 1 fully saturated rings. The topological polar surface area (TPSA) is 70.6 Å². The molecule has 0 spiro atoms. The number of pyridine rings is 2. The van der Waals surface area contributed by atoms with Crippen LogP contribution in [0.4, 0.5) is 5.82 Å². The Bertz CT molecular complexity index is 994. The molecule has 1 aliphatic heterocycles. The van der Waals surface area contributed by atoms with Gasteiger partial charge in [-0.2, -0.15) is 5.26 Å². The monoisotopic (exact) mass is 372 g/mol. The molecule has 28 heavy (non-hydrogen) atoms. The highest BCUT2D eigenvalue weighted by atomic mass is 15.2. The zero-order valence-corrected chi connectivity index (χ0v) is 16.3. The van der Waals surface area contributed by atoms with E-state index in [1.165, 1.54) is 0 Å². The van der Waals surface area contributed by atoms with Gasteiger partial charge in [-0.1, -0.05) is 6.07 Å². The summed E-state index contributed by atoms with van der Waals surface area (Å²) in [6.07, 6.45) is 7.74. The lowest BCUT2D eigenvalue weighted by atomic mass is 9.95. The lowest BCUT2D eigenvalue weighted by Gasteiger charge is -2.33. The first kappa shape index (κ1) is 18.2. The van der Waals surface area contributed by atoms with Gasteiger partial charge in [-0.3, -0.25) is 4.98 Å². The number of anilines is 1. The Labute approximate surface area is 165 Å². The quantitative estimate of drug-likeness (QED) is 0.700. The van der Waals surface area contributed by atoms with Gasteiger partial charge in [0, 0.05) is 43.3 Å². The average molecular weight is 372 g/mol. The lowest BCUT2D eigenvalue weighted by Crippen LogP contribution is -2.35. The van der Waals surface area contributed by atoms with Gasteiger partial charge in [0.25, 0.3) is 0 Å². The molecular formula is C22H24N6. The Kier molecular flexibility index (Phi) is 5.07. The van der Waals surface area contributed by atoms with Crippen LogP contribution in [0.25, 0.3) is 0 Å². The zero-order valence-electron chi connectivity index (χ0n) is 16.3. The van der Waals surface area contributed by atoms with Crippen molar-refractivity contribution in [2.24, 2.45) is 0 Å². The molecule has 0 N–H and O–H groups in total. The Morgan fingerprint density at radius 2 is 1.96 bits per heavy atom. The average Bonchev–Trinajstić information content (AvgIpc) is 3.16. The van der Waals surface area contributed by atoms with E-state index in [0.29, 0.717) is 11.5 Å². The number of imidazole rings is 1. The number of aryl methyl sites for hydroxylation is 2. The first-order valence-corrected chi connectivity index (χ1v) is 9.70. The minimum Gasteiger partial charge on any atom is -0.355 e. The van der Waals surface area contributed by atoms with E-state index in [-0.39, 0.29) is 0 Å². The van der Waals surface area contributed by atoms with Crippen molar-refractivity contribution < 1.29 is 0 Å². The molecule has 3 aromatic heterocycles. The fourth-order valence-electron chi connectivity index (χ4n) is 4.01. The van der Waals surface area contributed by atoms with Crippen molar-refractivity contribution in [1.82, 2.24) is 19.5 Å². The summed E-state index contributed by atoms with van der Waals surface area (Å²) >= 11 is 0. The molecule has 0 bridgehead atoms. The standard InChI is InChI=1S/C22H24N6/c1-16-13-17(2)26-22(20(16)14-23)27-10-6-18(7-11-27)21-25-9-12-28(21)15-19-5-3-4-8-24-19/h3-5,8-9,12-13,18H,6-7,10-11,15H2,1-2H3. The van der Waals surface area contributed by atoms with Gasteiger partial charge in [-0.15, -0.1) is 0 Å². The van der Waals surface area contributed by atoms with E-state index in [2.05, 4.69) is 30.5 Å². The van der Waals surface area contributed by atoms with E-state index in [1.807, 2.05) is 56.7 Å². The van der Waals surface area contributed by atoms with Crippen LogP contribution in [-0.4, -0.2) is 32.6 Å². The molecule has 0 amide bonds. The van der Waals surface area contributed by atoms with Crippen LogP contribution in [-0.2, 0) is 6.54 Å². The van der Waals surface area contributed by atoms with Crippen LogP contribution in [0.1, 0.15) is 47.1 Å². The van der Waals surface area contributed by atoms with Gasteiger partial charge < -0.3 is 9.47 Å². The highest BCUT2D eigenvalue weighted by molar-refractivity contribution is 5.58. The van der Waals surface area contributed by atoms with Crippen LogP contribution < -0.4 is 4.90 Å². The predicted molar refractivity (Wildman–Crippen MR) is 108 cm³/mol. The number of nitrogens with zero attached hydrogens (tertiary/aromatic N) is 6. The van der Waals surface area contributed by atoms with Crippen LogP contribution >= 0.6 is 0 Å². The van der Waals surface area contributed by atoms with Crippen LogP contribution in [0, 0.1) is 25.2 Å². The second-order valence-corrected chi connectivity index (χ2v) is 7.39.